The van der Waals surface area contributed by atoms with Crippen molar-refractivity contribution in [2.24, 2.45) is 4.99 Å². The Morgan fingerprint density at radius 2 is 1.86 bits per heavy atom. The molecular formula is C21H21N3O4S. The van der Waals surface area contributed by atoms with Gasteiger partial charge in [-0.2, -0.15) is 0 Å². The average Bonchev–Trinajstić information content (AvgIpc) is 3.00. The fourth-order valence-corrected chi connectivity index (χ4v) is 3.43. The van der Waals surface area contributed by atoms with Gasteiger partial charge in [0.1, 0.15) is 5.70 Å². The van der Waals surface area contributed by atoms with E-state index in [1.54, 1.807) is 39.5 Å². The summed E-state index contributed by atoms with van der Waals surface area (Å²) < 4.78 is 10.5. The smallest absolute Gasteiger partial charge is 0.278 e. The summed E-state index contributed by atoms with van der Waals surface area (Å²) >= 11 is 1.21. The molecule has 0 saturated carbocycles. The Morgan fingerprint density at radius 3 is 2.55 bits per heavy atom. The van der Waals surface area contributed by atoms with E-state index in [0.717, 1.165) is 11.3 Å². The summed E-state index contributed by atoms with van der Waals surface area (Å²) in [5, 5.41) is 3.28. The second-order valence-corrected chi connectivity index (χ2v) is 7.05. The number of likely N-dealkylation sites (N-methyl/N-ethyl adjacent to an activating group) is 1. The molecule has 0 aromatic heterocycles. The van der Waals surface area contributed by atoms with Crippen LogP contribution in [0.2, 0.25) is 0 Å². The SMILES string of the molecule is COc1ccc(/C=C2\N=C(SCC(=O)Nc3ccccc3)N(C)C2=O)cc1OC. The molecule has 1 heterocycles. The number of para-hydroxylation sites is 1. The van der Waals surface area contributed by atoms with Crippen LogP contribution in [-0.4, -0.2) is 48.9 Å². The summed E-state index contributed by atoms with van der Waals surface area (Å²) in [4.78, 5) is 30.5. The van der Waals surface area contributed by atoms with E-state index < -0.39 is 0 Å². The molecule has 0 radical (unpaired) electrons. The molecule has 150 valence electrons. The molecule has 8 heteroatoms. The van der Waals surface area contributed by atoms with Crippen LogP contribution in [0.4, 0.5) is 5.69 Å². The minimum Gasteiger partial charge on any atom is -0.493 e. The lowest BCUT2D eigenvalue weighted by atomic mass is 10.1. The fourth-order valence-electron chi connectivity index (χ4n) is 2.66. The number of methoxy groups -OCH3 is 2. The van der Waals surface area contributed by atoms with E-state index in [4.69, 9.17) is 9.47 Å². The van der Waals surface area contributed by atoms with E-state index in [1.807, 2.05) is 36.4 Å². The van der Waals surface area contributed by atoms with Crippen LogP contribution in [0.15, 0.2) is 59.2 Å². The highest BCUT2D eigenvalue weighted by atomic mass is 32.2. The second kappa shape index (κ2) is 9.29. The van der Waals surface area contributed by atoms with Gasteiger partial charge in [-0.05, 0) is 35.9 Å². The molecule has 0 atom stereocenters. The molecule has 0 saturated heterocycles. The largest absolute Gasteiger partial charge is 0.493 e. The lowest BCUT2D eigenvalue weighted by Gasteiger charge is -2.11. The quantitative estimate of drug-likeness (QED) is 0.738. The number of benzene rings is 2. The third-order valence-electron chi connectivity index (χ3n) is 4.13. The van der Waals surface area contributed by atoms with E-state index in [1.165, 1.54) is 16.7 Å². The van der Waals surface area contributed by atoms with Crippen LogP contribution in [0.1, 0.15) is 5.56 Å². The van der Waals surface area contributed by atoms with E-state index >= 15 is 0 Å². The van der Waals surface area contributed by atoms with Crippen molar-refractivity contribution < 1.29 is 19.1 Å². The average molecular weight is 411 g/mol. The molecule has 0 unspecified atom stereocenters. The zero-order valence-electron chi connectivity index (χ0n) is 16.3. The van der Waals surface area contributed by atoms with Gasteiger partial charge in [-0.15, -0.1) is 0 Å². The number of rotatable bonds is 6. The van der Waals surface area contributed by atoms with Crippen LogP contribution < -0.4 is 14.8 Å². The van der Waals surface area contributed by atoms with Crippen molar-refractivity contribution in [2.45, 2.75) is 0 Å². The molecule has 0 aliphatic carbocycles. The monoisotopic (exact) mass is 411 g/mol. The normalized spacial score (nSPS) is 14.7. The van der Waals surface area contributed by atoms with Crippen molar-refractivity contribution in [3.8, 4) is 11.5 Å². The standard InChI is InChI=1S/C21H21N3O4S/c1-24-20(26)16(11-14-9-10-17(27-2)18(12-14)28-3)23-21(24)29-13-19(25)22-15-7-5-4-6-8-15/h4-12H,13H2,1-3H3,(H,22,25)/b16-11-. The molecule has 2 aromatic carbocycles. The minimum atomic E-state index is -0.231. The summed E-state index contributed by atoms with van der Waals surface area (Å²) in [6.07, 6.45) is 1.68. The Bertz CT molecular complexity index is 973. The van der Waals surface area contributed by atoms with Gasteiger partial charge in [-0.1, -0.05) is 36.0 Å². The summed E-state index contributed by atoms with van der Waals surface area (Å²) in [5.41, 5.74) is 1.78. The second-order valence-electron chi connectivity index (χ2n) is 6.11. The highest BCUT2D eigenvalue weighted by Crippen LogP contribution is 2.29. The zero-order valence-corrected chi connectivity index (χ0v) is 17.2. The van der Waals surface area contributed by atoms with Gasteiger partial charge in [0.25, 0.3) is 5.91 Å². The molecular weight excluding hydrogens is 390 g/mol. The lowest BCUT2D eigenvalue weighted by molar-refractivity contribution is -0.121. The van der Waals surface area contributed by atoms with Gasteiger partial charge in [0.15, 0.2) is 16.7 Å². The first-order valence-corrected chi connectivity index (χ1v) is 9.78. The number of nitrogens with zero attached hydrogens (tertiary/aromatic N) is 2. The van der Waals surface area contributed by atoms with Gasteiger partial charge in [0, 0.05) is 12.7 Å². The van der Waals surface area contributed by atoms with Gasteiger partial charge in [-0.3, -0.25) is 14.5 Å². The summed E-state index contributed by atoms with van der Waals surface area (Å²) in [6.45, 7) is 0. The molecule has 29 heavy (non-hydrogen) atoms. The van der Waals surface area contributed by atoms with E-state index in [-0.39, 0.29) is 17.6 Å². The highest BCUT2D eigenvalue weighted by molar-refractivity contribution is 8.14. The van der Waals surface area contributed by atoms with Crippen LogP contribution in [-0.2, 0) is 9.59 Å². The van der Waals surface area contributed by atoms with Crippen LogP contribution in [0.5, 0.6) is 11.5 Å². The lowest BCUT2D eigenvalue weighted by Crippen LogP contribution is -2.27. The van der Waals surface area contributed by atoms with Gasteiger partial charge >= 0.3 is 0 Å². The van der Waals surface area contributed by atoms with Gasteiger partial charge in [-0.25, -0.2) is 4.99 Å². The molecule has 1 aliphatic rings. The number of carbonyl (C=O) groups is 2. The zero-order chi connectivity index (χ0) is 20.8. The third kappa shape index (κ3) is 4.97. The van der Waals surface area contributed by atoms with Crippen LogP contribution >= 0.6 is 11.8 Å². The maximum Gasteiger partial charge on any atom is 0.278 e. The number of carbonyl (C=O) groups excluding carboxylic acids is 2. The number of amidine groups is 1. The van der Waals surface area contributed by atoms with Gasteiger partial charge in [0.05, 0.1) is 20.0 Å². The maximum atomic E-state index is 12.5. The number of aliphatic imine (C=N–C) groups is 1. The Balaban J connectivity index is 1.69. The Morgan fingerprint density at radius 1 is 1.14 bits per heavy atom. The molecule has 0 bridgehead atoms. The number of nitrogens with one attached hydrogen (secondary N) is 1. The van der Waals surface area contributed by atoms with Crippen molar-refractivity contribution >= 4 is 40.5 Å². The van der Waals surface area contributed by atoms with Gasteiger partial charge in [0.2, 0.25) is 5.91 Å². The first-order chi connectivity index (χ1) is 14.0. The molecule has 7 nitrogen and oxygen atoms in total. The number of hydrogen-bond donors (Lipinski definition) is 1. The van der Waals surface area contributed by atoms with Gasteiger partial charge < -0.3 is 14.8 Å². The van der Waals surface area contributed by atoms with Crippen LogP contribution in [0.3, 0.4) is 0 Å². The van der Waals surface area contributed by atoms with Crippen molar-refractivity contribution in [2.75, 3.05) is 32.3 Å². The van der Waals surface area contributed by atoms with Crippen LogP contribution in [0.25, 0.3) is 6.08 Å². The first-order valence-electron chi connectivity index (χ1n) is 8.80. The number of thioether (sulfide) groups is 1. The van der Waals surface area contributed by atoms with E-state index in [9.17, 15) is 9.59 Å². The predicted molar refractivity (Wildman–Crippen MR) is 115 cm³/mol. The molecule has 1 aliphatic heterocycles. The molecule has 1 N–H and O–H groups in total. The van der Waals surface area contributed by atoms with E-state index in [2.05, 4.69) is 10.3 Å². The Kier molecular flexibility index (Phi) is 6.56. The molecule has 2 aromatic rings. The summed E-state index contributed by atoms with van der Waals surface area (Å²) in [7, 11) is 4.75. The maximum absolute atomic E-state index is 12.5. The van der Waals surface area contributed by atoms with Crippen LogP contribution in [0, 0.1) is 0 Å². The van der Waals surface area contributed by atoms with Crippen molar-refractivity contribution in [3.05, 3.63) is 59.8 Å². The molecule has 2 amide bonds. The third-order valence-corrected chi connectivity index (χ3v) is 5.16. The first kappa shape index (κ1) is 20.5. The number of hydrogen-bond acceptors (Lipinski definition) is 6. The van der Waals surface area contributed by atoms with Crippen molar-refractivity contribution in [1.82, 2.24) is 4.90 Å². The molecule has 0 fully saturated rings. The van der Waals surface area contributed by atoms with Crippen molar-refractivity contribution in [1.29, 1.82) is 0 Å². The summed E-state index contributed by atoms with van der Waals surface area (Å²) in [5.74, 6) is 0.924. The molecule has 0 spiro atoms. The highest BCUT2D eigenvalue weighted by Gasteiger charge is 2.27. The Hall–Kier alpha value is -3.26. The number of anilines is 1. The molecule has 3 rings (SSSR count). The number of ether oxygens (including phenoxy) is 2. The number of amides is 2. The van der Waals surface area contributed by atoms with E-state index in [0.29, 0.717) is 22.4 Å². The minimum absolute atomic E-state index is 0.148. The van der Waals surface area contributed by atoms with Crippen molar-refractivity contribution in [3.63, 3.8) is 0 Å². The fraction of sp³-hybridized carbons (Fsp3) is 0.190. The Labute approximate surface area is 173 Å². The summed E-state index contributed by atoms with van der Waals surface area (Å²) in [6, 6.07) is 14.6. The topological polar surface area (TPSA) is 80.2 Å². The predicted octanol–water partition coefficient (Wildman–Crippen LogP) is 3.24.